The van der Waals surface area contributed by atoms with Crippen molar-refractivity contribution < 1.29 is 19.0 Å². The third kappa shape index (κ3) is 3.87. The van der Waals surface area contributed by atoms with Gasteiger partial charge in [0.25, 0.3) is 0 Å². The van der Waals surface area contributed by atoms with Gasteiger partial charge >= 0.3 is 0 Å². The van der Waals surface area contributed by atoms with Crippen LogP contribution in [0.1, 0.15) is 17.3 Å². The Morgan fingerprint density at radius 2 is 1.74 bits per heavy atom. The molecular weight excluding hydrogens is 396 g/mol. The zero-order valence-electron chi connectivity index (χ0n) is 17.7. The Balaban J connectivity index is 1.73. The molecule has 31 heavy (non-hydrogen) atoms. The van der Waals surface area contributed by atoms with Crippen molar-refractivity contribution in [2.24, 2.45) is 0 Å². The summed E-state index contributed by atoms with van der Waals surface area (Å²) < 4.78 is 18.1. The van der Waals surface area contributed by atoms with Crippen LogP contribution < -0.4 is 19.5 Å². The van der Waals surface area contributed by atoms with Crippen molar-refractivity contribution in [3.05, 3.63) is 60.4 Å². The van der Waals surface area contributed by atoms with Crippen LogP contribution >= 0.6 is 0 Å². The number of benzene rings is 2. The first-order valence-corrected chi connectivity index (χ1v) is 9.56. The Morgan fingerprint density at radius 3 is 2.39 bits per heavy atom. The second kappa shape index (κ2) is 8.35. The van der Waals surface area contributed by atoms with Crippen LogP contribution in [-0.4, -0.2) is 41.6 Å². The number of fused-ring (bicyclic) bond motifs is 1. The number of ketones is 1. The van der Waals surface area contributed by atoms with Crippen molar-refractivity contribution in [3.63, 3.8) is 0 Å². The van der Waals surface area contributed by atoms with E-state index in [4.69, 9.17) is 14.2 Å². The van der Waals surface area contributed by atoms with E-state index in [0.717, 1.165) is 11.1 Å². The van der Waals surface area contributed by atoms with E-state index in [1.54, 1.807) is 52.6 Å². The maximum absolute atomic E-state index is 11.8. The van der Waals surface area contributed by atoms with E-state index in [9.17, 15) is 4.79 Å². The van der Waals surface area contributed by atoms with Gasteiger partial charge in [0, 0.05) is 46.9 Å². The lowest BCUT2D eigenvalue weighted by atomic mass is 10.1. The third-order valence-corrected chi connectivity index (χ3v) is 4.88. The highest BCUT2D eigenvalue weighted by atomic mass is 16.5. The van der Waals surface area contributed by atoms with Gasteiger partial charge in [0.15, 0.2) is 17.3 Å². The van der Waals surface area contributed by atoms with Gasteiger partial charge in [-0.15, -0.1) is 0 Å². The van der Waals surface area contributed by atoms with Crippen molar-refractivity contribution in [2.75, 3.05) is 26.6 Å². The summed E-state index contributed by atoms with van der Waals surface area (Å²) in [6, 6.07) is 12.9. The molecule has 0 fully saturated rings. The second-order valence-corrected chi connectivity index (χ2v) is 6.80. The maximum Gasteiger partial charge on any atom is 0.229 e. The number of hydrogen-bond acceptors (Lipinski definition) is 7. The number of aromatic nitrogens is 3. The van der Waals surface area contributed by atoms with Crippen molar-refractivity contribution in [1.29, 1.82) is 0 Å². The number of carbonyl (C=O) groups excluding carboxylic acids is 1. The molecule has 2 aromatic heterocycles. The van der Waals surface area contributed by atoms with Crippen LogP contribution in [0.15, 0.2) is 54.9 Å². The van der Waals surface area contributed by atoms with E-state index in [-0.39, 0.29) is 5.78 Å². The minimum absolute atomic E-state index is 0.0118. The van der Waals surface area contributed by atoms with Crippen molar-refractivity contribution >= 4 is 28.5 Å². The molecule has 4 aromatic rings. The molecule has 0 aliphatic carbocycles. The standard InChI is InChI=1S/C23H22N4O4/c1-14(28)15-6-5-7-18(10-15)27-9-8-16-13-24-23(26-22(16)27)25-17-11-19(29-2)21(31-4)20(12-17)30-3/h5-13H,1-4H3,(H,24,25,26). The van der Waals surface area contributed by atoms with Gasteiger partial charge in [-0.2, -0.15) is 4.98 Å². The van der Waals surface area contributed by atoms with Gasteiger partial charge in [-0.1, -0.05) is 12.1 Å². The van der Waals surface area contributed by atoms with Crippen LogP contribution in [-0.2, 0) is 0 Å². The van der Waals surface area contributed by atoms with Gasteiger partial charge in [0.2, 0.25) is 11.7 Å². The van der Waals surface area contributed by atoms with Gasteiger partial charge in [0.1, 0.15) is 5.65 Å². The number of nitrogens with one attached hydrogen (secondary N) is 1. The second-order valence-electron chi connectivity index (χ2n) is 6.80. The zero-order valence-corrected chi connectivity index (χ0v) is 17.7. The van der Waals surface area contributed by atoms with Gasteiger partial charge in [-0.05, 0) is 25.1 Å². The summed E-state index contributed by atoms with van der Waals surface area (Å²) in [6.45, 7) is 1.55. The first-order chi connectivity index (χ1) is 15.0. The molecule has 0 amide bonds. The molecule has 0 atom stereocenters. The van der Waals surface area contributed by atoms with E-state index < -0.39 is 0 Å². The Kier molecular flexibility index (Phi) is 5.44. The fourth-order valence-electron chi connectivity index (χ4n) is 3.34. The molecule has 0 radical (unpaired) electrons. The first-order valence-electron chi connectivity index (χ1n) is 9.56. The maximum atomic E-state index is 11.8. The van der Waals surface area contributed by atoms with Crippen LogP contribution in [0.4, 0.5) is 11.6 Å². The minimum atomic E-state index is 0.0118. The van der Waals surface area contributed by atoms with Crippen molar-refractivity contribution in [2.45, 2.75) is 6.92 Å². The van der Waals surface area contributed by atoms with Crippen LogP contribution in [0, 0.1) is 0 Å². The molecule has 2 heterocycles. The Hall–Kier alpha value is -4.07. The van der Waals surface area contributed by atoms with Gasteiger partial charge in [-0.3, -0.25) is 4.79 Å². The van der Waals surface area contributed by atoms with E-state index >= 15 is 0 Å². The van der Waals surface area contributed by atoms with Crippen LogP contribution in [0.3, 0.4) is 0 Å². The number of carbonyl (C=O) groups is 1. The number of Topliss-reactive ketones (excluding diaryl/α,β-unsaturated/α-hetero) is 1. The van der Waals surface area contributed by atoms with Gasteiger partial charge in [-0.25, -0.2) is 4.98 Å². The fraction of sp³-hybridized carbons (Fsp3) is 0.174. The number of methoxy groups -OCH3 is 3. The van der Waals surface area contributed by atoms with Crippen LogP contribution in [0.25, 0.3) is 16.7 Å². The quantitative estimate of drug-likeness (QED) is 0.445. The summed E-state index contributed by atoms with van der Waals surface area (Å²) in [4.78, 5) is 20.8. The molecular formula is C23H22N4O4. The molecule has 1 N–H and O–H groups in total. The summed E-state index contributed by atoms with van der Waals surface area (Å²) in [6.07, 6.45) is 3.65. The minimum Gasteiger partial charge on any atom is -0.493 e. The Bertz CT molecular complexity index is 1240. The van der Waals surface area contributed by atoms with E-state index in [1.165, 1.54) is 0 Å². The molecule has 0 spiro atoms. The predicted molar refractivity (Wildman–Crippen MR) is 118 cm³/mol. The molecule has 0 aliphatic heterocycles. The molecule has 0 unspecified atom stereocenters. The fourth-order valence-corrected chi connectivity index (χ4v) is 3.34. The highest BCUT2D eigenvalue weighted by Gasteiger charge is 2.14. The number of anilines is 2. The molecule has 8 nitrogen and oxygen atoms in total. The lowest BCUT2D eigenvalue weighted by Gasteiger charge is -2.14. The molecule has 4 rings (SSSR count). The summed E-state index contributed by atoms with van der Waals surface area (Å²) in [5.74, 6) is 1.97. The zero-order chi connectivity index (χ0) is 22.0. The lowest BCUT2D eigenvalue weighted by molar-refractivity contribution is 0.101. The van der Waals surface area contributed by atoms with Gasteiger partial charge < -0.3 is 24.1 Å². The molecule has 0 bridgehead atoms. The van der Waals surface area contributed by atoms with Crippen LogP contribution in [0.5, 0.6) is 17.2 Å². The highest BCUT2D eigenvalue weighted by molar-refractivity contribution is 5.94. The average Bonchev–Trinajstić information content (AvgIpc) is 3.21. The van der Waals surface area contributed by atoms with Crippen molar-refractivity contribution in [3.8, 4) is 22.9 Å². The summed E-state index contributed by atoms with van der Waals surface area (Å²) in [5.41, 5.74) is 2.89. The summed E-state index contributed by atoms with van der Waals surface area (Å²) >= 11 is 0. The smallest absolute Gasteiger partial charge is 0.229 e. The number of hydrogen-bond donors (Lipinski definition) is 1. The molecule has 0 saturated heterocycles. The third-order valence-electron chi connectivity index (χ3n) is 4.88. The monoisotopic (exact) mass is 418 g/mol. The average molecular weight is 418 g/mol. The lowest BCUT2D eigenvalue weighted by Crippen LogP contribution is -2.02. The molecule has 2 aromatic carbocycles. The summed E-state index contributed by atoms with van der Waals surface area (Å²) in [5, 5.41) is 4.07. The number of rotatable bonds is 7. The van der Waals surface area contributed by atoms with Crippen LogP contribution in [0.2, 0.25) is 0 Å². The van der Waals surface area contributed by atoms with E-state index in [0.29, 0.717) is 40.1 Å². The topological polar surface area (TPSA) is 87.5 Å². The predicted octanol–water partition coefficient (Wildman–Crippen LogP) is 4.39. The van der Waals surface area contributed by atoms with E-state index in [2.05, 4.69) is 15.3 Å². The normalized spacial score (nSPS) is 10.7. The Morgan fingerprint density at radius 1 is 1.00 bits per heavy atom. The molecule has 8 heteroatoms. The molecule has 158 valence electrons. The molecule has 0 saturated carbocycles. The highest BCUT2D eigenvalue weighted by Crippen LogP contribution is 2.40. The largest absolute Gasteiger partial charge is 0.493 e. The first kappa shape index (κ1) is 20.2. The number of ether oxygens (including phenoxy) is 3. The Labute approximate surface area is 179 Å². The van der Waals surface area contributed by atoms with Gasteiger partial charge in [0.05, 0.1) is 21.3 Å². The molecule has 0 aliphatic rings. The van der Waals surface area contributed by atoms with E-state index in [1.807, 2.05) is 35.0 Å². The summed E-state index contributed by atoms with van der Waals surface area (Å²) in [7, 11) is 4.68. The SMILES string of the molecule is COc1cc(Nc2ncc3ccn(-c4cccc(C(C)=O)c4)c3n2)cc(OC)c1OC. The van der Waals surface area contributed by atoms with Crippen molar-refractivity contribution in [1.82, 2.24) is 14.5 Å². The number of nitrogens with zero attached hydrogens (tertiary/aromatic N) is 3.